The van der Waals surface area contributed by atoms with Crippen LogP contribution in [0, 0.1) is 0 Å². The van der Waals surface area contributed by atoms with Crippen molar-refractivity contribution in [2.75, 3.05) is 27.7 Å². The van der Waals surface area contributed by atoms with Gasteiger partial charge in [0.15, 0.2) is 0 Å². The van der Waals surface area contributed by atoms with Crippen molar-refractivity contribution in [1.29, 1.82) is 0 Å². The fraction of sp³-hybridized carbons (Fsp3) is 0.857. The van der Waals surface area contributed by atoms with Gasteiger partial charge in [-0.1, -0.05) is 0 Å². The Morgan fingerprint density at radius 2 is 1.82 bits per heavy atom. The molecule has 0 aromatic rings. The van der Waals surface area contributed by atoms with Gasteiger partial charge in [0.05, 0.1) is 21.1 Å². The van der Waals surface area contributed by atoms with E-state index >= 15 is 0 Å². The lowest BCUT2D eigenvalue weighted by atomic mass is 10.3. The maximum Gasteiger partial charge on any atom is 0.104 e. The number of nitrogens with zero attached hydrogens (tertiary/aromatic N) is 1. The second kappa shape index (κ2) is 6.12. The Bertz CT molecular complexity index is 96.3. The molecule has 1 atom stereocenters. The maximum atomic E-state index is 8.87. The number of carboxylic acid groups (broad SMARTS) is 1. The van der Waals surface area contributed by atoms with Gasteiger partial charge in [0.1, 0.15) is 12.6 Å². The highest BCUT2D eigenvalue weighted by atomic mass is 16.3. The molecular weight excluding hydrogens is 146 g/mol. The van der Waals surface area contributed by atoms with Gasteiger partial charge in [0.2, 0.25) is 0 Å². The average Bonchev–Trinajstić information content (AvgIpc) is 1.57. The summed E-state index contributed by atoms with van der Waals surface area (Å²) >= 11 is 0. The molecule has 0 aliphatic carbocycles. The average molecular weight is 163 g/mol. The Hall–Kier alpha value is -0.610. The van der Waals surface area contributed by atoms with Crippen LogP contribution in [-0.2, 0) is 4.79 Å². The molecule has 1 unspecified atom stereocenters. The van der Waals surface area contributed by atoms with Crippen LogP contribution in [0.5, 0.6) is 0 Å². The Labute approximate surface area is 67.7 Å². The molecule has 0 amide bonds. The fourth-order valence-corrected chi connectivity index (χ4v) is 0.793. The Balaban J connectivity index is 0. The summed E-state index contributed by atoms with van der Waals surface area (Å²) in [5.41, 5.74) is 0. The minimum Gasteiger partial charge on any atom is -0.554 e. The first-order valence-corrected chi connectivity index (χ1v) is 3.37. The molecule has 0 saturated carbocycles. The molecule has 4 heteroatoms. The van der Waals surface area contributed by atoms with Gasteiger partial charge in [-0.15, -0.1) is 0 Å². The monoisotopic (exact) mass is 163 g/mol. The van der Waals surface area contributed by atoms with E-state index in [0.717, 1.165) is 11.0 Å². The number of quaternary nitrogens is 1. The van der Waals surface area contributed by atoms with Gasteiger partial charge >= 0.3 is 0 Å². The summed E-state index contributed by atoms with van der Waals surface area (Å²) in [6.45, 7) is 2.13. The van der Waals surface area contributed by atoms with Crippen molar-refractivity contribution in [2.24, 2.45) is 0 Å². The Morgan fingerprint density at radius 3 is 1.82 bits per heavy atom. The second-order valence-corrected chi connectivity index (χ2v) is 3.42. The molecule has 0 saturated heterocycles. The summed E-state index contributed by atoms with van der Waals surface area (Å²) < 4.78 is 0.831. The van der Waals surface area contributed by atoms with E-state index in [2.05, 4.69) is 21.1 Å². The highest BCUT2D eigenvalue weighted by Gasteiger charge is 2.09. The van der Waals surface area contributed by atoms with Gasteiger partial charge in [-0.05, 0) is 6.92 Å². The van der Waals surface area contributed by atoms with Crippen molar-refractivity contribution in [3.05, 3.63) is 0 Å². The van der Waals surface area contributed by atoms with E-state index in [4.69, 9.17) is 15.0 Å². The van der Waals surface area contributed by atoms with E-state index in [-0.39, 0.29) is 6.10 Å². The molecule has 1 N–H and O–H groups in total. The van der Waals surface area contributed by atoms with Gasteiger partial charge in [0.25, 0.3) is 0 Å². The third-order valence-electron chi connectivity index (χ3n) is 0.812. The van der Waals surface area contributed by atoms with Crippen LogP contribution in [0.1, 0.15) is 6.92 Å². The van der Waals surface area contributed by atoms with Crippen LogP contribution in [0.3, 0.4) is 0 Å². The normalized spacial score (nSPS) is 12.8. The summed E-state index contributed by atoms with van der Waals surface area (Å²) in [6.07, 6.45) is -0.185. The van der Waals surface area contributed by atoms with E-state index in [0.29, 0.717) is 0 Å². The van der Waals surface area contributed by atoms with Crippen molar-refractivity contribution in [1.82, 2.24) is 0 Å². The number of hydrogen-bond donors (Lipinski definition) is 1. The maximum absolute atomic E-state index is 8.87. The molecule has 0 radical (unpaired) electrons. The molecule has 0 aliphatic heterocycles. The lowest BCUT2D eigenvalue weighted by Gasteiger charge is -2.24. The third kappa shape index (κ3) is 26.6. The highest BCUT2D eigenvalue weighted by molar-refractivity contribution is 5.29. The van der Waals surface area contributed by atoms with Crippen LogP contribution < -0.4 is 5.11 Å². The molecular formula is C7H17NO3. The van der Waals surface area contributed by atoms with Crippen molar-refractivity contribution >= 4 is 6.47 Å². The minimum atomic E-state index is -0.500. The molecule has 0 rings (SSSR count). The molecule has 68 valence electrons. The van der Waals surface area contributed by atoms with Crippen LogP contribution >= 0.6 is 0 Å². The molecule has 0 bridgehead atoms. The quantitative estimate of drug-likeness (QED) is 0.395. The van der Waals surface area contributed by atoms with E-state index in [1.165, 1.54) is 0 Å². The lowest BCUT2D eigenvalue weighted by molar-refractivity contribution is -0.873. The van der Waals surface area contributed by atoms with E-state index < -0.39 is 6.47 Å². The SMILES string of the molecule is CC(O)C[N+](C)(C)C.O=C[O-]. The summed E-state index contributed by atoms with van der Waals surface area (Å²) in [4.78, 5) is 8.25. The Morgan fingerprint density at radius 1 is 1.55 bits per heavy atom. The summed E-state index contributed by atoms with van der Waals surface area (Å²) in [6, 6.07) is 0. The summed E-state index contributed by atoms with van der Waals surface area (Å²) in [5.74, 6) is 0. The molecule has 0 heterocycles. The zero-order chi connectivity index (χ0) is 9.49. The zero-order valence-electron chi connectivity index (χ0n) is 7.57. The van der Waals surface area contributed by atoms with Crippen molar-refractivity contribution in [3.63, 3.8) is 0 Å². The number of carbonyl (C=O) groups is 1. The fourth-order valence-electron chi connectivity index (χ4n) is 0.793. The van der Waals surface area contributed by atoms with Gasteiger partial charge in [-0.3, -0.25) is 0 Å². The summed E-state index contributed by atoms with van der Waals surface area (Å²) in [7, 11) is 6.19. The van der Waals surface area contributed by atoms with E-state index in [1.807, 2.05) is 6.92 Å². The minimum absolute atomic E-state index is 0.185. The molecule has 4 nitrogen and oxygen atoms in total. The van der Waals surface area contributed by atoms with Crippen molar-refractivity contribution in [3.8, 4) is 0 Å². The first kappa shape index (κ1) is 13.0. The smallest absolute Gasteiger partial charge is 0.104 e. The number of aliphatic hydroxyl groups is 1. The van der Waals surface area contributed by atoms with E-state index in [9.17, 15) is 0 Å². The van der Waals surface area contributed by atoms with E-state index in [1.54, 1.807) is 0 Å². The van der Waals surface area contributed by atoms with Crippen LogP contribution in [0.25, 0.3) is 0 Å². The number of carbonyl (C=O) groups excluding carboxylic acids is 1. The number of rotatable bonds is 2. The van der Waals surface area contributed by atoms with Crippen LogP contribution in [0.4, 0.5) is 0 Å². The summed E-state index contributed by atoms with van der Waals surface area (Å²) in [5, 5.41) is 17.1. The van der Waals surface area contributed by atoms with Gasteiger partial charge in [-0.25, -0.2) is 0 Å². The second-order valence-electron chi connectivity index (χ2n) is 3.42. The predicted molar refractivity (Wildman–Crippen MR) is 40.6 cm³/mol. The zero-order valence-corrected chi connectivity index (χ0v) is 7.57. The topological polar surface area (TPSA) is 60.4 Å². The Kier molecular flexibility index (Phi) is 7.24. The molecule has 11 heavy (non-hydrogen) atoms. The first-order chi connectivity index (χ1) is 4.83. The number of likely N-dealkylation sites (N-methyl/N-ethyl adjacent to an activating group) is 1. The van der Waals surface area contributed by atoms with Crippen LogP contribution in [0.2, 0.25) is 0 Å². The molecule has 0 fully saturated rings. The van der Waals surface area contributed by atoms with Crippen LogP contribution in [0.15, 0.2) is 0 Å². The molecule has 0 aliphatic rings. The lowest BCUT2D eigenvalue weighted by Crippen LogP contribution is -2.40. The van der Waals surface area contributed by atoms with Crippen molar-refractivity contribution in [2.45, 2.75) is 13.0 Å². The largest absolute Gasteiger partial charge is 0.554 e. The van der Waals surface area contributed by atoms with Crippen LogP contribution in [-0.4, -0.2) is 49.9 Å². The molecule has 0 aromatic carbocycles. The standard InChI is InChI=1S/C6H16NO.CH2O2/c1-6(8)5-7(2,3)4;2-1-3/h6,8H,5H2,1-4H3;1H,(H,2,3)/q+1;/p-1. The predicted octanol–water partition coefficient (Wildman–Crippen LogP) is -1.56. The highest BCUT2D eigenvalue weighted by Crippen LogP contribution is 1.92. The van der Waals surface area contributed by atoms with Gasteiger partial charge in [0, 0.05) is 6.47 Å². The third-order valence-corrected chi connectivity index (χ3v) is 0.812. The van der Waals surface area contributed by atoms with Gasteiger partial charge < -0.3 is 19.5 Å². The number of hydrogen-bond acceptors (Lipinski definition) is 3. The van der Waals surface area contributed by atoms with Crippen molar-refractivity contribution < 1.29 is 19.5 Å². The number of aliphatic hydroxyl groups excluding tert-OH is 1. The molecule has 0 aromatic heterocycles. The molecule has 0 spiro atoms. The first-order valence-electron chi connectivity index (χ1n) is 3.37. The van der Waals surface area contributed by atoms with Gasteiger partial charge in [-0.2, -0.15) is 0 Å².